The fourth-order valence-corrected chi connectivity index (χ4v) is 3.08. The molecular formula is C15H15NO4S. The number of carbonyl (C=O) groups is 1. The van der Waals surface area contributed by atoms with Gasteiger partial charge in [0.2, 0.25) is 0 Å². The van der Waals surface area contributed by atoms with Crippen LogP contribution in [0.25, 0.3) is 0 Å². The van der Waals surface area contributed by atoms with Crippen LogP contribution in [0.2, 0.25) is 0 Å². The smallest absolute Gasteiger partial charge is 0.337 e. The SMILES string of the molecule is COC(=O)c1cccc(S(=O)(=O)N(C)c2ccccc2)c1. The largest absolute Gasteiger partial charge is 0.465 e. The number of hydrogen-bond acceptors (Lipinski definition) is 4. The molecule has 0 radical (unpaired) electrons. The van der Waals surface area contributed by atoms with E-state index >= 15 is 0 Å². The molecule has 21 heavy (non-hydrogen) atoms. The van der Waals surface area contributed by atoms with Crippen LogP contribution in [-0.4, -0.2) is 28.5 Å². The second kappa shape index (κ2) is 5.97. The molecule has 0 aliphatic heterocycles. The lowest BCUT2D eigenvalue weighted by Crippen LogP contribution is -2.26. The molecule has 2 aromatic carbocycles. The van der Waals surface area contributed by atoms with E-state index in [0.717, 1.165) is 0 Å². The van der Waals surface area contributed by atoms with E-state index in [4.69, 9.17) is 0 Å². The van der Waals surface area contributed by atoms with Crippen LogP contribution in [0.3, 0.4) is 0 Å². The fraction of sp³-hybridized carbons (Fsp3) is 0.133. The van der Waals surface area contributed by atoms with Crippen molar-refractivity contribution in [3.63, 3.8) is 0 Å². The quantitative estimate of drug-likeness (QED) is 0.813. The van der Waals surface area contributed by atoms with Gasteiger partial charge in [-0.15, -0.1) is 0 Å². The Hall–Kier alpha value is -2.34. The van der Waals surface area contributed by atoms with E-state index in [-0.39, 0.29) is 10.5 Å². The highest BCUT2D eigenvalue weighted by Crippen LogP contribution is 2.22. The maximum atomic E-state index is 12.6. The van der Waals surface area contributed by atoms with E-state index < -0.39 is 16.0 Å². The molecular weight excluding hydrogens is 290 g/mol. The standard InChI is InChI=1S/C15H15NO4S/c1-16(13-8-4-3-5-9-13)21(18,19)14-10-6-7-12(11-14)15(17)20-2/h3-11H,1-2H3. The fourth-order valence-electron chi connectivity index (χ4n) is 1.84. The lowest BCUT2D eigenvalue weighted by Gasteiger charge is -2.19. The van der Waals surface area contributed by atoms with E-state index in [1.807, 2.05) is 6.07 Å². The van der Waals surface area contributed by atoms with Crippen LogP contribution in [0.1, 0.15) is 10.4 Å². The lowest BCUT2D eigenvalue weighted by molar-refractivity contribution is 0.0600. The molecule has 0 N–H and O–H groups in total. The summed E-state index contributed by atoms with van der Waals surface area (Å²) in [6.45, 7) is 0. The van der Waals surface area contributed by atoms with E-state index in [1.54, 1.807) is 24.3 Å². The number of rotatable bonds is 4. The van der Waals surface area contributed by atoms with Crippen LogP contribution < -0.4 is 4.31 Å². The number of sulfonamides is 1. The summed E-state index contributed by atoms with van der Waals surface area (Å²) in [5.41, 5.74) is 0.737. The van der Waals surface area contributed by atoms with Crippen molar-refractivity contribution >= 4 is 21.7 Å². The van der Waals surface area contributed by atoms with Gasteiger partial charge in [-0.05, 0) is 30.3 Å². The second-order valence-electron chi connectivity index (χ2n) is 4.33. The van der Waals surface area contributed by atoms with Crippen LogP contribution in [0.4, 0.5) is 5.69 Å². The zero-order chi connectivity index (χ0) is 15.5. The molecule has 0 fully saturated rings. The summed E-state index contributed by atoms with van der Waals surface area (Å²) < 4.78 is 30.9. The molecule has 2 rings (SSSR count). The van der Waals surface area contributed by atoms with Crippen LogP contribution in [0, 0.1) is 0 Å². The molecule has 6 heteroatoms. The molecule has 0 saturated heterocycles. The number of benzene rings is 2. The van der Waals surface area contributed by atoms with Crippen molar-refractivity contribution in [3.05, 3.63) is 60.2 Å². The Balaban J connectivity index is 2.43. The Bertz CT molecular complexity index is 741. The third-order valence-corrected chi connectivity index (χ3v) is 4.81. The highest BCUT2D eigenvalue weighted by atomic mass is 32.2. The first-order valence-electron chi connectivity index (χ1n) is 6.19. The Morgan fingerprint density at radius 3 is 2.33 bits per heavy atom. The van der Waals surface area contributed by atoms with Gasteiger partial charge in [0.05, 0.1) is 23.3 Å². The molecule has 5 nitrogen and oxygen atoms in total. The molecule has 0 aliphatic rings. The van der Waals surface area contributed by atoms with Gasteiger partial charge in [0.15, 0.2) is 0 Å². The highest BCUT2D eigenvalue weighted by Gasteiger charge is 2.22. The molecule has 0 bridgehead atoms. The molecule has 0 atom stereocenters. The van der Waals surface area contributed by atoms with Gasteiger partial charge in [0.25, 0.3) is 10.0 Å². The summed E-state index contributed by atoms with van der Waals surface area (Å²) in [6, 6.07) is 14.5. The maximum Gasteiger partial charge on any atom is 0.337 e. The number of ether oxygens (including phenoxy) is 1. The third kappa shape index (κ3) is 3.05. The van der Waals surface area contributed by atoms with Crippen molar-refractivity contribution in [3.8, 4) is 0 Å². The summed E-state index contributed by atoms with van der Waals surface area (Å²) in [4.78, 5) is 11.5. The first-order valence-corrected chi connectivity index (χ1v) is 7.63. The molecule has 2 aromatic rings. The van der Waals surface area contributed by atoms with Gasteiger partial charge in [-0.3, -0.25) is 4.31 Å². The lowest BCUT2D eigenvalue weighted by atomic mass is 10.2. The van der Waals surface area contributed by atoms with Gasteiger partial charge in [0, 0.05) is 7.05 Å². The van der Waals surface area contributed by atoms with Gasteiger partial charge in [-0.2, -0.15) is 0 Å². The number of carbonyl (C=O) groups excluding carboxylic acids is 1. The first kappa shape index (κ1) is 15.1. The Kier molecular flexibility index (Phi) is 4.28. The zero-order valence-electron chi connectivity index (χ0n) is 11.7. The summed E-state index contributed by atoms with van der Waals surface area (Å²) >= 11 is 0. The minimum atomic E-state index is -3.73. The minimum absolute atomic E-state index is 0.0387. The normalized spacial score (nSPS) is 11.0. The van der Waals surface area contributed by atoms with Crippen LogP contribution >= 0.6 is 0 Å². The average Bonchev–Trinajstić information content (AvgIpc) is 2.54. The number of hydrogen-bond donors (Lipinski definition) is 0. The van der Waals surface area contributed by atoms with Crippen molar-refractivity contribution in [2.45, 2.75) is 4.90 Å². The van der Waals surface area contributed by atoms with E-state index in [0.29, 0.717) is 5.69 Å². The van der Waals surface area contributed by atoms with Crippen molar-refractivity contribution in [2.24, 2.45) is 0 Å². The zero-order valence-corrected chi connectivity index (χ0v) is 12.5. The van der Waals surface area contributed by atoms with Gasteiger partial charge in [-0.1, -0.05) is 24.3 Å². The Labute approximate surface area is 123 Å². The van der Waals surface area contributed by atoms with Crippen LogP contribution in [0.15, 0.2) is 59.5 Å². The first-order chi connectivity index (χ1) is 9.96. The Morgan fingerprint density at radius 1 is 1.05 bits per heavy atom. The summed E-state index contributed by atoms with van der Waals surface area (Å²) in [5, 5.41) is 0. The molecule has 0 aromatic heterocycles. The monoisotopic (exact) mass is 305 g/mol. The van der Waals surface area contributed by atoms with Gasteiger partial charge >= 0.3 is 5.97 Å². The predicted octanol–water partition coefficient (Wildman–Crippen LogP) is 2.30. The number of esters is 1. The van der Waals surface area contributed by atoms with Gasteiger partial charge in [0.1, 0.15) is 0 Å². The third-order valence-electron chi connectivity index (χ3n) is 3.03. The van der Waals surface area contributed by atoms with E-state index in [9.17, 15) is 13.2 Å². The number of anilines is 1. The molecule has 0 amide bonds. The van der Waals surface area contributed by atoms with Crippen molar-refractivity contribution in [1.82, 2.24) is 0 Å². The van der Waals surface area contributed by atoms with E-state index in [2.05, 4.69) is 4.74 Å². The van der Waals surface area contributed by atoms with Crippen LogP contribution in [0.5, 0.6) is 0 Å². The number of methoxy groups -OCH3 is 1. The van der Waals surface area contributed by atoms with Crippen molar-refractivity contribution < 1.29 is 17.9 Å². The number of para-hydroxylation sites is 1. The summed E-state index contributed by atoms with van der Waals surface area (Å²) in [7, 11) is -1.01. The van der Waals surface area contributed by atoms with Gasteiger partial charge < -0.3 is 4.74 Å². The minimum Gasteiger partial charge on any atom is -0.465 e. The number of nitrogens with zero attached hydrogens (tertiary/aromatic N) is 1. The molecule has 0 aliphatic carbocycles. The molecule has 0 heterocycles. The Morgan fingerprint density at radius 2 is 1.71 bits per heavy atom. The highest BCUT2D eigenvalue weighted by molar-refractivity contribution is 7.92. The average molecular weight is 305 g/mol. The molecule has 0 saturated carbocycles. The summed E-state index contributed by atoms with van der Waals surface area (Å²) in [6.07, 6.45) is 0. The second-order valence-corrected chi connectivity index (χ2v) is 6.30. The maximum absolute atomic E-state index is 12.6. The molecule has 110 valence electrons. The van der Waals surface area contributed by atoms with Crippen molar-refractivity contribution in [1.29, 1.82) is 0 Å². The summed E-state index contributed by atoms with van der Waals surface area (Å²) in [5.74, 6) is -0.575. The topological polar surface area (TPSA) is 63.7 Å². The predicted molar refractivity (Wildman–Crippen MR) is 79.8 cm³/mol. The van der Waals surface area contributed by atoms with Crippen molar-refractivity contribution in [2.75, 3.05) is 18.5 Å². The van der Waals surface area contributed by atoms with Gasteiger partial charge in [-0.25, -0.2) is 13.2 Å². The molecule has 0 unspecified atom stereocenters. The molecule has 0 spiro atoms. The van der Waals surface area contributed by atoms with E-state index in [1.165, 1.54) is 42.7 Å². The van der Waals surface area contributed by atoms with Crippen LogP contribution in [-0.2, 0) is 14.8 Å².